The summed E-state index contributed by atoms with van der Waals surface area (Å²) < 4.78 is 0. The highest BCUT2D eigenvalue weighted by Gasteiger charge is 2.20. The van der Waals surface area contributed by atoms with E-state index in [0.717, 1.165) is 11.1 Å². The topological polar surface area (TPSA) is 40.5 Å². The number of benzene rings is 2. The van der Waals surface area contributed by atoms with Crippen molar-refractivity contribution in [3.8, 4) is 11.1 Å². The summed E-state index contributed by atoms with van der Waals surface area (Å²) >= 11 is 0. The first-order valence-electron chi connectivity index (χ1n) is 4.70. The van der Waals surface area contributed by atoms with Crippen molar-refractivity contribution in [1.29, 1.82) is 0 Å². The van der Waals surface area contributed by atoms with Gasteiger partial charge in [0.05, 0.1) is 0 Å². The Hall–Kier alpha value is -1.58. The van der Waals surface area contributed by atoms with Gasteiger partial charge in [0.1, 0.15) is 0 Å². The van der Waals surface area contributed by atoms with Crippen molar-refractivity contribution >= 4 is 12.6 Å². The Morgan fingerprint density at radius 2 is 1.47 bits per heavy atom. The zero-order chi connectivity index (χ0) is 10.7. The molecule has 73 valence electrons. The van der Waals surface area contributed by atoms with Gasteiger partial charge in [0.15, 0.2) is 0 Å². The van der Waals surface area contributed by atoms with Gasteiger partial charge in [0.25, 0.3) is 0 Å². The lowest BCUT2D eigenvalue weighted by atomic mass is 9.82. The van der Waals surface area contributed by atoms with Crippen molar-refractivity contribution in [3.63, 3.8) is 0 Å². The van der Waals surface area contributed by atoms with Crippen LogP contribution in [0.15, 0.2) is 48.5 Å². The molecule has 0 atom stereocenters. The Kier molecular flexibility index (Phi) is 2.85. The zero-order valence-electron chi connectivity index (χ0n) is 8.09. The fourth-order valence-corrected chi connectivity index (χ4v) is 1.27. The molecule has 0 fully saturated rings. The summed E-state index contributed by atoms with van der Waals surface area (Å²) in [6.07, 6.45) is 0. The van der Waals surface area contributed by atoms with Crippen molar-refractivity contribution in [2.75, 3.05) is 0 Å². The third kappa shape index (κ3) is 2.69. The standard InChI is InChI=1S/C6H5BO2.C6H5/c8-7(9)6-2-4-1-5(4)3-6;1-2-4-6-5-3-1/h1-3,8-9H;1-5H. The Morgan fingerprint density at radius 3 is 1.73 bits per heavy atom. The molecule has 0 spiro atoms. The quantitative estimate of drug-likeness (QED) is 0.567. The third-order valence-corrected chi connectivity index (χ3v) is 2.11. The molecular weight excluding hydrogens is 187 g/mol. The molecule has 1 aromatic carbocycles. The number of hydrogen-bond donors (Lipinski definition) is 2. The molecule has 3 rings (SSSR count). The van der Waals surface area contributed by atoms with Gasteiger partial charge in [-0.1, -0.05) is 42.5 Å². The molecule has 0 unspecified atom stereocenters. The molecule has 0 aliphatic heterocycles. The minimum Gasteiger partial charge on any atom is -0.423 e. The van der Waals surface area contributed by atoms with Gasteiger partial charge < -0.3 is 10.0 Å². The van der Waals surface area contributed by atoms with E-state index in [1.165, 1.54) is 0 Å². The van der Waals surface area contributed by atoms with Gasteiger partial charge >= 0.3 is 7.12 Å². The molecule has 15 heavy (non-hydrogen) atoms. The van der Waals surface area contributed by atoms with Gasteiger partial charge in [0, 0.05) is 0 Å². The summed E-state index contributed by atoms with van der Waals surface area (Å²) in [5.74, 6) is 0. The first-order valence-corrected chi connectivity index (χ1v) is 4.70. The van der Waals surface area contributed by atoms with E-state index in [1.54, 1.807) is 12.1 Å². The van der Waals surface area contributed by atoms with E-state index in [1.807, 2.05) is 36.4 Å². The average molecular weight is 197 g/mol. The van der Waals surface area contributed by atoms with Crippen LogP contribution in [-0.2, 0) is 0 Å². The Balaban J connectivity index is 0.000000124. The first-order chi connectivity index (χ1) is 7.27. The van der Waals surface area contributed by atoms with E-state index in [0.29, 0.717) is 5.46 Å². The summed E-state index contributed by atoms with van der Waals surface area (Å²) in [5, 5.41) is 17.2. The highest BCUT2D eigenvalue weighted by atomic mass is 16.4. The van der Waals surface area contributed by atoms with Gasteiger partial charge in [-0.05, 0) is 28.7 Å². The minimum atomic E-state index is -1.30. The highest BCUT2D eigenvalue weighted by Crippen LogP contribution is 2.31. The Labute approximate surface area is 89.0 Å². The lowest BCUT2D eigenvalue weighted by Gasteiger charge is -1.89. The Bertz CT molecular complexity index is 394. The maximum atomic E-state index is 8.61. The largest absolute Gasteiger partial charge is 0.488 e. The van der Waals surface area contributed by atoms with Crippen LogP contribution >= 0.6 is 0 Å². The highest BCUT2D eigenvalue weighted by molar-refractivity contribution is 6.59. The zero-order valence-corrected chi connectivity index (χ0v) is 8.09. The Morgan fingerprint density at radius 1 is 0.867 bits per heavy atom. The summed E-state index contributed by atoms with van der Waals surface area (Å²) in [6.45, 7) is 0. The molecule has 1 radical (unpaired) electrons. The molecule has 0 bridgehead atoms. The lowest BCUT2D eigenvalue weighted by Crippen LogP contribution is -2.27. The van der Waals surface area contributed by atoms with E-state index in [9.17, 15) is 0 Å². The van der Waals surface area contributed by atoms with Crippen LogP contribution in [0.25, 0.3) is 11.1 Å². The van der Waals surface area contributed by atoms with Gasteiger partial charge in [-0.25, -0.2) is 0 Å². The van der Waals surface area contributed by atoms with Crippen molar-refractivity contribution in [2.45, 2.75) is 0 Å². The second-order valence-corrected chi connectivity index (χ2v) is 3.29. The van der Waals surface area contributed by atoms with E-state index < -0.39 is 7.12 Å². The molecule has 0 heterocycles. The fourth-order valence-electron chi connectivity index (χ4n) is 1.27. The summed E-state index contributed by atoms with van der Waals surface area (Å²) in [6, 6.07) is 18.0. The predicted octanol–water partition coefficient (Wildman–Crippen LogP) is 0.834. The molecule has 2 nitrogen and oxygen atoms in total. The number of fused-ring (bicyclic) bond motifs is 1. The smallest absolute Gasteiger partial charge is 0.423 e. The van der Waals surface area contributed by atoms with Crippen molar-refractivity contribution in [3.05, 3.63) is 54.6 Å². The molecule has 0 saturated heterocycles. The molecule has 2 aliphatic rings. The molecule has 0 aromatic heterocycles. The molecular formula is C12H10BO2. The normalized spacial score (nSPS) is 10.0. The molecule has 3 heteroatoms. The van der Waals surface area contributed by atoms with E-state index >= 15 is 0 Å². The van der Waals surface area contributed by atoms with Crippen LogP contribution in [0.3, 0.4) is 0 Å². The van der Waals surface area contributed by atoms with Crippen LogP contribution in [0.4, 0.5) is 0 Å². The van der Waals surface area contributed by atoms with Gasteiger partial charge in [-0.2, -0.15) is 0 Å². The summed E-state index contributed by atoms with van der Waals surface area (Å²) in [5.41, 5.74) is 2.87. The molecule has 2 aliphatic carbocycles. The van der Waals surface area contributed by atoms with Gasteiger partial charge in [-0.15, -0.1) is 0 Å². The van der Waals surface area contributed by atoms with Crippen molar-refractivity contribution in [1.82, 2.24) is 0 Å². The van der Waals surface area contributed by atoms with Crippen LogP contribution in [0.2, 0.25) is 0 Å². The second-order valence-electron chi connectivity index (χ2n) is 3.29. The molecule has 1 aromatic rings. The molecule has 0 amide bonds. The number of hydrogen-bond acceptors (Lipinski definition) is 2. The summed E-state index contributed by atoms with van der Waals surface area (Å²) in [7, 11) is -1.30. The minimum absolute atomic E-state index is 0.600. The predicted molar refractivity (Wildman–Crippen MR) is 60.5 cm³/mol. The monoisotopic (exact) mass is 197 g/mol. The van der Waals surface area contributed by atoms with Gasteiger partial charge in [0.2, 0.25) is 0 Å². The maximum absolute atomic E-state index is 8.61. The van der Waals surface area contributed by atoms with Crippen molar-refractivity contribution < 1.29 is 10.0 Å². The first kappa shape index (κ1) is 9.96. The average Bonchev–Trinajstić information content (AvgIpc) is 2.89. The van der Waals surface area contributed by atoms with Crippen LogP contribution in [0, 0.1) is 6.07 Å². The fraction of sp³-hybridized carbons (Fsp3) is 0. The van der Waals surface area contributed by atoms with Crippen LogP contribution in [0.5, 0.6) is 0 Å². The van der Waals surface area contributed by atoms with E-state index in [-0.39, 0.29) is 0 Å². The summed E-state index contributed by atoms with van der Waals surface area (Å²) in [4.78, 5) is 0. The maximum Gasteiger partial charge on any atom is 0.488 e. The van der Waals surface area contributed by atoms with Crippen LogP contribution < -0.4 is 5.46 Å². The van der Waals surface area contributed by atoms with Crippen molar-refractivity contribution in [2.24, 2.45) is 0 Å². The molecule has 2 N–H and O–H groups in total. The van der Waals surface area contributed by atoms with Crippen LogP contribution in [-0.4, -0.2) is 17.2 Å². The third-order valence-electron chi connectivity index (χ3n) is 2.11. The second kappa shape index (κ2) is 4.30. The SMILES string of the molecule is OB(O)c1cc2cc-2c1.[c]1ccccc1. The lowest BCUT2D eigenvalue weighted by molar-refractivity contribution is 0.426. The number of rotatable bonds is 1. The molecule has 0 saturated carbocycles. The van der Waals surface area contributed by atoms with Crippen LogP contribution in [0.1, 0.15) is 0 Å². The van der Waals surface area contributed by atoms with E-state index in [2.05, 4.69) is 6.07 Å². The van der Waals surface area contributed by atoms with Gasteiger partial charge in [-0.3, -0.25) is 0 Å². The van der Waals surface area contributed by atoms with E-state index in [4.69, 9.17) is 10.0 Å².